The summed E-state index contributed by atoms with van der Waals surface area (Å²) in [5.41, 5.74) is 0.480. The summed E-state index contributed by atoms with van der Waals surface area (Å²) in [6.45, 7) is 0. The van der Waals surface area contributed by atoms with Gasteiger partial charge in [0.15, 0.2) is 5.78 Å². The normalized spacial score (nSPS) is 30.9. The Hall–Kier alpha value is -1.57. The second kappa shape index (κ2) is 3.48. The molecule has 0 unspecified atom stereocenters. The van der Waals surface area contributed by atoms with Gasteiger partial charge in [0.25, 0.3) is 0 Å². The number of hydrogen-bond acceptors (Lipinski definition) is 2. The Bertz CT molecular complexity index is 462. The van der Waals surface area contributed by atoms with Crippen molar-refractivity contribution < 1.29 is 9.90 Å². The summed E-state index contributed by atoms with van der Waals surface area (Å²) in [7, 11) is 0. The molecule has 1 saturated carbocycles. The molecule has 0 aromatic heterocycles. The molecule has 0 spiro atoms. The fourth-order valence-electron chi connectivity index (χ4n) is 2.96. The van der Waals surface area contributed by atoms with E-state index in [0.717, 1.165) is 12.8 Å². The van der Waals surface area contributed by atoms with E-state index in [1.54, 1.807) is 24.3 Å². The summed E-state index contributed by atoms with van der Waals surface area (Å²) in [5, 5.41) is 9.67. The highest BCUT2D eigenvalue weighted by atomic mass is 16.3. The first kappa shape index (κ1) is 9.64. The van der Waals surface area contributed by atoms with Crippen molar-refractivity contribution in [3.05, 3.63) is 42.0 Å². The second-order valence-corrected chi connectivity index (χ2v) is 4.77. The van der Waals surface area contributed by atoms with Gasteiger partial charge in [-0.1, -0.05) is 24.3 Å². The van der Waals surface area contributed by atoms with E-state index >= 15 is 0 Å². The van der Waals surface area contributed by atoms with Crippen molar-refractivity contribution in [2.45, 2.75) is 12.8 Å². The summed E-state index contributed by atoms with van der Waals surface area (Å²) < 4.78 is 0. The molecule has 1 aromatic rings. The first-order chi connectivity index (χ1) is 7.75. The molecular weight excluding hydrogens is 200 g/mol. The van der Waals surface area contributed by atoms with E-state index in [2.05, 4.69) is 12.2 Å². The van der Waals surface area contributed by atoms with Crippen molar-refractivity contribution in [3.8, 4) is 5.75 Å². The van der Waals surface area contributed by atoms with Crippen LogP contribution in [0.15, 0.2) is 36.4 Å². The van der Waals surface area contributed by atoms with Gasteiger partial charge in [-0.15, -0.1) is 0 Å². The van der Waals surface area contributed by atoms with Crippen LogP contribution in [0.5, 0.6) is 5.75 Å². The highest BCUT2D eigenvalue weighted by Gasteiger charge is 2.40. The molecule has 1 fully saturated rings. The Balaban J connectivity index is 1.89. The van der Waals surface area contributed by atoms with Crippen LogP contribution in [0.2, 0.25) is 0 Å². The molecule has 3 rings (SSSR count). The number of phenolic OH excluding ortho intramolecular Hbond substituents is 1. The number of allylic oxidation sites excluding steroid dienone is 2. The number of rotatable bonds is 2. The smallest absolute Gasteiger partial charge is 0.170 e. The van der Waals surface area contributed by atoms with Gasteiger partial charge in [0.1, 0.15) is 5.75 Å². The summed E-state index contributed by atoms with van der Waals surface area (Å²) in [5.74, 6) is 1.29. The number of hydrogen-bond donors (Lipinski definition) is 1. The zero-order chi connectivity index (χ0) is 11.1. The van der Waals surface area contributed by atoms with Crippen molar-refractivity contribution in [3.63, 3.8) is 0 Å². The van der Waals surface area contributed by atoms with Crippen LogP contribution in [-0.2, 0) is 0 Å². The third kappa shape index (κ3) is 1.37. The van der Waals surface area contributed by atoms with Crippen molar-refractivity contribution in [1.29, 1.82) is 0 Å². The molecule has 0 heterocycles. The number of aromatic hydroxyl groups is 1. The average molecular weight is 214 g/mol. The molecule has 0 amide bonds. The van der Waals surface area contributed by atoms with Crippen LogP contribution in [0.4, 0.5) is 0 Å². The minimum atomic E-state index is 0.0864. The highest BCUT2D eigenvalue weighted by molar-refractivity contribution is 6.00. The SMILES string of the molecule is O=C(c1ccccc1O)[C@@H]1C[C@H]2C=C[C@@H]1C2. The molecule has 2 aliphatic carbocycles. The van der Waals surface area contributed by atoms with Crippen LogP contribution >= 0.6 is 0 Å². The molecule has 16 heavy (non-hydrogen) atoms. The first-order valence-corrected chi connectivity index (χ1v) is 5.76. The Morgan fingerprint density at radius 3 is 2.62 bits per heavy atom. The van der Waals surface area contributed by atoms with Crippen LogP contribution in [0.1, 0.15) is 23.2 Å². The van der Waals surface area contributed by atoms with Gasteiger partial charge < -0.3 is 5.11 Å². The standard InChI is InChI=1S/C14H14O2/c15-13-4-2-1-3-11(13)14(16)12-8-9-5-6-10(12)7-9/h1-6,9-10,12,15H,7-8H2/t9-,10+,12+/m0/s1. The van der Waals surface area contributed by atoms with E-state index in [-0.39, 0.29) is 17.5 Å². The van der Waals surface area contributed by atoms with Crippen molar-refractivity contribution in [2.75, 3.05) is 0 Å². The maximum absolute atomic E-state index is 12.3. The third-order valence-corrected chi connectivity index (χ3v) is 3.79. The molecular formula is C14H14O2. The van der Waals surface area contributed by atoms with Crippen molar-refractivity contribution in [1.82, 2.24) is 0 Å². The predicted octanol–water partition coefficient (Wildman–Crippen LogP) is 2.79. The van der Waals surface area contributed by atoms with Gasteiger partial charge in [-0.25, -0.2) is 0 Å². The number of fused-ring (bicyclic) bond motifs is 2. The Morgan fingerprint density at radius 2 is 2.00 bits per heavy atom. The maximum atomic E-state index is 12.3. The minimum absolute atomic E-state index is 0.0864. The summed E-state index contributed by atoms with van der Waals surface area (Å²) in [6.07, 6.45) is 6.45. The maximum Gasteiger partial charge on any atom is 0.170 e. The number of benzene rings is 1. The van der Waals surface area contributed by atoms with Gasteiger partial charge in [0, 0.05) is 5.92 Å². The molecule has 2 nitrogen and oxygen atoms in total. The third-order valence-electron chi connectivity index (χ3n) is 3.79. The fraction of sp³-hybridized carbons (Fsp3) is 0.357. The molecule has 2 bridgehead atoms. The Labute approximate surface area is 94.6 Å². The Morgan fingerprint density at radius 1 is 1.19 bits per heavy atom. The topological polar surface area (TPSA) is 37.3 Å². The number of carbonyl (C=O) groups is 1. The lowest BCUT2D eigenvalue weighted by molar-refractivity contribution is 0.0898. The van der Waals surface area contributed by atoms with Crippen LogP contribution in [0.3, 0.4) is 0 Å². The molecule has 82 valence electrons. The first-order valence-electron chi connectivity index (χ1n) is 5.76. The Kier molecular flexibility index (Phi) is 2.10. The summed E-state index contributed by atoms with van der Waals surface area (Å²) >= 11 is 0. The molecule has 2 aliphatic rings. The van der Waals surface area contributed by atoms with Crippen molar-refractivity contribution >= 4 is 5.78 Å². The molecule has 0 aliphatic heterocycles. The fourth-order valence-corrected chi connectivity index (χ4v) is 2.96. The van der Waals surface area contributed by atoms with Crippen LogP contribution in [0.25, 0.3) is 0 Å². The molecule has 3 atom stereocenters. The summed E-state index contributed by atoms with van der Waals surface area (Å²) in [6, 6.07) is 6.84. The van der Waals surface area contributed by atoms with Gasteiger partial charge in [-0.2, -0.15) is 0 Å². The van der Waals surface area contributed by atoms with E-state index in [0.29, 0.717) is 17.4 Å². The predicted molar refractivity (Wildman–Crippen MR) is 61.3 cm³/mol. The van der Waals surface area contributed by atoms with E-state index in [1.165, 1.54) is 0 Å². The van der Waals surface area contributed by atoms with Crippen LogP contribution in [-0.4, -0.2) is 10.9 Å². The number of para-hydroxylation sites is 1. The number of ketones is 1. The largest absolute Gasteiger partial charge is 0.507 e. The van der Waals surface area contributed by atoms with E-state index in [1.807, 2.05) is 0 Å². The molecule has 1 aromatic carbocycles. The number of carbonyl (C=O) groups excluding carboxylic acids is 1. The zero-order valence-corrected chi connectivity index (χ0v) is 8.97. The summed E-state index contributed by atoms with van der Waals surface area (Å²) in [4.78, 5) is 12.3. The monoisotopic (exact) mass is 214 g/mol. The zero-order valence-electron chi connectivity index (χ0n) is 8.97. The molecule has 1 N–H and O–H groups in total. The highest BCUT2D eigenvalue weighted by Crippen LogP contribution is 2.45. The van der Waals surface area contributed by atoms with Gasteiger partial charge in [0.05, 0.1) is 5.56 Å². The van der Waals surface area contributed by atoms with E-state index in [4.69, 9.17) is 0 Å². The second-order valence-electron chi connectivity index (χ2n) is 4.77. The lowest BCUT2D eigenvalue weighted by Crippen LogP contribution is -2.19. The number of Topliss-reactive ketones (excluding diaryl/α,β-unsaturated/α-hetero) is 1. The molecule has 2 heteroatoms. The number of phenols is 1. The lowest BCUT2D eigenvalue weighted by atomic mass is 9.86. The van der Waals surface area contributed by atoms with Crippen LogP contribution < -0.4 is 0 Å². The average Bonchev–Trinajstić information content (AvgIpc) is 2.90. The van der Waals surface area contributed by atoms with Gasteiger partial charge in [0.2, 0.25) is 0 Å². The van der Waals surface area contributed by atoms with Crippen molar-refractivity contribution in [2.24, 2.45) is 17.8 Å². The van der Waals surface area contributed by atoms with E-state index < -0.39 is 0 Å². The quantitative estimate of drug-likeness (QED) is 0.607. The minimum Gasteiger partial charge on any atom is -0.507 e. The molecule has 0 radical (unpaired) electrons. The molecule has 0 saturated heterocycles. The van der Waals surface area contributed by atoms with Gasteiger partial charge in [-0.3, -0.25) is 4.79 Å². The van der Waals surface area contributed by atoms with Gasteiger partial charge in [-0.05, 0) is 36.8 Å². The van der Waals surface area contributed by atoms with E-state index in [9.17, 15) is 9.90 Å². The van der Waals surface area contributed by atoms with Crippen LogP contribution in [0, 0.1) is 17.8 Å². The van der Waals surface area contributed by atoms with Gasteiger partial charge >= 0.3 is 0 Å². The lowest BCUT2D eigenvalue weighted by Gasteiger charge is -2.17.